The van der Waals surface area contributed by atoms with Crippen molar-refractivity contribution in [3.63, 3.8) is 0 Å². The molecule has 5 heteroatoms. The van der Waals surface area contributed by atoms with Crippen LogP contribution >= 0.6 is 0 Å². The van der Waals surface area contributed by atoms with E-state index in [4.69, 9.17) is 14.7 Å². The molecule has 98 valence electrons. The summed E-state index contributed by atoms with van der Waals surface area (Å²) in [6, 6.07) is 9.04. The Hall–Kier alpha value is -2.48. The van der Waals surface area contributed by atoms with Crippen LogP contribution in [0.5, 0.6) is 5.75 Å². The SMILES string of the molecule is CCCCOC(=O)C(C#N)=C1Nc2ccccc2O1. The fourth-order valence-electron chi connectivity index (χ4n) is 1.60. The fourth-order valence-corrected chi connectivity index (χ4v) is 1.60. The van der Waals surface area contributed by atoms with Crippen LogP contribution in [0.3, 0.4) is 0 Å². The quantitative estimate of drug-likeness (QED) is 0.389. The van der Waals surface area contributed by atoms with Crippen LogP contribution in [-0.2, 0) is 9.53 Å². The van der Waals surface area contributed by atoms with E-state index in [2.05, 4.69) is 5.32 Å². The summed E-state index contributed by atoms with van der Waals surface area (Å²) in [5, 5.41) is 12.0. The normalized spacial score (nSPS) is 14.7. The molecular weight excluding hydrogens is 244 g/mol. The maximum Gasteiger partial charge on any atom is 0.354 e. The predicted octanol–water partition coefficient (Wildman–Crippen LogP) is 2.57. The molecular formula is C14H14N2O3. The van der Waals surface area contributed by atoms with Crippen molar-refractivity contribution in [3.8, 4) is 11.8 Å². The highest BCUT2D eigenvalue weighted by Crippen LogP contribution is 2.33. The Morgan fingerprint density at radius 1 is 1.47 bits per heavy atom. The van der Waals surface area contributed by atoms with Gasteiger partial charge in [0.2, 0.25) is 5.88 Å². The monoisotopic (exact) mass is 258 g/mol. The van der Waals surface area contributed by atoms with Crippen molar-refractivity contribution in [1.82, 2.24) is 0 Å². The maximum absolute atomic E-state index is 11.8. The third kappa shape index (κ3) is 2.86. The van der Waals surface area contributed by atoms with Gasteiger partial charge in [-0.15, -0.1) is 0 Å². The summed E-state index contributed by atoms with van der Waals surface area (Å²) in [5.41, 5.74) is 0.582. The molecule has 0 saturated heterocycles. The van der Waals surface area contributed by atoms with Crippen molar-refractivity contribution >= 4 is 11.7 Å². The van der Waals surface area contributed by atoms with E-state index in [-0.39, 0.29) is 11.5 Å². The Morgan fingerprint density at radius 2 is 2.26 bits per heavy atom. The van der Waals surface area contributed by atoms with Gasteiger partial charge in [0.05, 0.1) is 12.3 Å². The van der Waals surface area contributed by atoms with Crippen molar-refractivity contribution in [3.05, 3.63) is 35.7 Å². The Labute approximate surface area is 111 Å². The number of nitriles is 1. The molecule has 0 aromatic heterocycles. The first kappa shape index (κ1) is 13.0. The highest BCUT2D eigenvalue weighted by atomic mass is 16.5. The molecule has 0 unspecified atom stereocenters. The number of hydrogen-bond acceptors (Lipinski definition) is 5. The zero-order valence-corrected chi connectivity index (χ0v) is 10.6. The van der Waals surface area contributed by atoms with Crippen LogP contribution in [0.1, 0.15) is 19.8 Å². The summed E-state index contributed by atoms with van der Waals surface area (Å²) in [6.07, 6.45) is 1.69. The van der Waals surface area contributed by atoms with Crippen molar-refractivity contribution < 1.29 is 14.3 Å². The van der Waals surface area contributed by atoms with Crippen LogP contribution in [0.2, 0.25) is 0 Å². The van der Waals surface area contributed by atoms with Crippen molar-refractivity contribution in [2.75, 3.05) is 11.9 Å². The lowest BCUT2D eigenvalue weighted by molar-refractivity contribution is -0.138. The lowest BCUT2D eigenvalue weighted by Crippen LogP contribution is -2.14. The van der Waals surface area contributed by atoms with Crippen LogP contribution in [0.4, 0.5) is 5.69 Å². The number of esters is 1. The number of benzene rings is 1. The number of nitrogens with one attached hydrogen (secondary N) is 1. The molecule has 0 saturated carbocycles. The topological polar surface area (TPSA) is 71.4 Å². The lowest BCUT2D eigenvalue weighted by atomic mass is 10.3. The lowest BCUT2D eigenvalue weighted by Gasteiger charge is -2.04. The van der Waals surface area contributed by atoms with Gasteiger partial charge in [-0.2, -0.15) is 5.26 Å². The van der Waals surface area contributed by atoms with Gasteiger partial charge in [0.25, 0.3) is 0 Å². The van der Waals surface area contributed by atoms with Crippen LogP contribution in [-0.4, -0.2) is 12.6 Å². The van der Waals surface area contributed by atoms with E-state index in [1.165, 1.54) is 0 Å². The summed E-state index contributed by atoms with van der Waals surface area (Å²) in [5.74, 6) is 0.0584. The predicted molar refractivity (Wildman–Crippen MR) is 69.2 cm³/mol. The third-order valence-electron chi connectivity index (χ3n) is 2.62. The number of fused-ring (bicyclic) bond motifs is 1. The molecule has 0 spiro atoms. The molecule has 1 aliphatic heterocycles. The summed E-state index contributed by atoms with van der Waals surface area (Å²) >= 11 is 0. The number of ether oxygens (including phenoxy) is 2. The average Bonchev–Trinajstić information content (AvgIpc) is 2.83. The Balaban J connectivity index is 2.13. The maximum atomic E-state index is 11.8. The first-order chi connectivity index (χ1) is 9.26. The zero-order chi connectivity index (χ0) is 13.7. The van der Waals surface area contributed by atoms with E-state index < -0.39 is 5.97 Å². The van der Waals surface area contributed by atoms with Crippen LogP contribution in [0, 0.1) is 11.3 Å². The smallest absolute Gasteiger partial charge is 0.354 e. The summed E-state index contributed by atoms with van der Waals surface area (Å²) in [7, 11) is 0. The van der Waals surface area contributed by atoms with E-state index in [0.29, 0.717) is 12.4 Å². The Kier molecular flexibility index (Phi) is 4.04. The summed E-state index contributed by atoms with van der Waals surface area (Å²) < 4.78 is 10.4. The van der Waals surface area contributed by atoms with Gasteiger partial charge in [0.15, 0.2) is 11.3 Å². The molecule has 0 fully saturated rings. The molecule has 19 heavy (non-hydrogen) atoms. The van der Waals surface area contributed by atoms with Gasteiger partial charge in [-0.3, -0.25) is 0 Å². The van der Waals surface area contributed by atoms with Crippen molar-refractivity contribution in [1.29, 1.82) is 5.26 Å². The largest absolute Gasteiger partial charge is 0.461 e. The van der Waals surface area contributed by atoms with E-state index in [1.54, 1.807) is 12.1 Å². The number of rotatable bonds is 4. The number of nitrogens with zero attached hydrogens (tertiary/aromatic N) is 1. The minimum absolute atomic E-state index is 0.130. The van der Waals surface area contributed by atoms with Gasteiger partial charge in [0, 0.05) is 0 Å². The van der Waals surface area contributed by atoms with Gasteiger partial charge >= 0.3 is 5.97 Å². The first-order valence-electron chi connectivity index (χ1n) is 6.11. The number of unbranched alkanes of at least 4 members (excludes halogenated alkanes) is 1. The van der Waals surface area contributed by atoms with Gasteiger partial charge in [-0.1, -0.05) is 25.5 Å². The third-order valence-corrected chi connectivity index (χ3v) is 2.62. The fraction of sp³-hybridized carbons (Fsp3) is 0.286. The highest BCUT2D eigenvalue weighted by Gasteiger charge is 2.25. The number of anilines is 1. The highest BCUT2D eigenvalue weighted by molar-refractivity contribution is 5.94. The zero-order valence-electron chi connectivity index (χ0n) is 10.6. The summed E-state index contributed by atoms with van der Waals surface area (Å²) in [4.78, 5) is 11.8. The van der Waals surface area contributed by atoms with Crippen LogP contribution in [0.25, 0.3) is 0 Å². The molecule has 2 rings (SSSR count). The van der Waals surface area contributed by atoms with E-state index in [0.717, 1.165) is 18.5 Å². The average molecular weight is 258 g/mol. The molecule has 0 radical (unpaired) electrons. The Morgan fingerprint density at radius 3 is 2.95 bits per heavy atom. The van der Waals surface area contributed by atoms with Crippen molar-refractivity contribution in [2.24, 2.45) is 0 Å². The molecule has 0 amide bonds. The van der Waals surface area contributed by atoms with Crippen molar-refractivity contribution in [2.45, 2.75) is 19.8 Å². The molecule has 1 aliphatic rings. The van der Waals surface area contributed by atoms with Crippen LogP contribution < -0.4 is 10.1 Å². The molecule has 1 aromatic carbocycles. The van der Waals surface area contributed by atoms with Gasteiger partial charge in [-0.05, 0) is 18.6 Å². The first-order valence-corrected chi connectivity index (χ1v) is 6.11. The van der Waals surface area contributed by atoms with Crippen LogP contribution in [0.15, 0.2) is 35.7 Å². The molecule has 0 atom stereocenters. The van der Waals surface area contributed by atoms with Gasteiger partial charge in [-0.25, -0.2) is 4.79 Å². The number of carbonyl (C=O) groups is 1. The second kappa shape index (κ2) is 5.91. The minimum Gasteiger partial charge on any atom is -0.461 e. The number of para-hydroxylation sites is 2. The molecule has 0 bridgehead atoms. The standard InChI is InChI=1S/C14H14N2O3/c1-2-3-8-18-14(17)10(9-15)13-16-11-6-4-5-7-12(11)19-13/h4-7,16H,2-3,8H2,1H3. The van der Waals surface area contributed by atoms with E-state index in [9.17, 15) is 4.79 Å². The number of carbonyl (C=O) groups excluding carboxylic acids is 1. The molecule has 1 N–H and O–H groups in total. The van der Waals surface area contributed by atoms with Gasteiger partial charge in [0.1, 0.15) is 6.07 Å². The second-order valence-electron chi connectivity index (χ2n) is 4.03. The van der Waals surface area contributed by atoms with E-state index >= 15 is 0 Å². The molecule has 1 heterocycles. The van der Waals surface area contributed by atoms with E-state index in [1.807, 2.05) is 25.1 Å². The summed E-state index contributed by atoms with van der Waals surface area (Å²) in [6.45, 7) is 2.30. The molecule has 5 nitrogen and oxygen atoms in total. The van der Waals surface area contributed by atoms with Gasteiger partial charge < -0.3 is 14.8 Å². The second-order valence-corrected chi connectivity index (χ2v) is 4.03. The molecule has 1 aromatic rings. The number of hydrogen-bond donors (Lipinski definition) is 1. The Bertz CT molecular complexity index is 531. The molecule has 0 aliphatic carbocycles. The minimum atomic E-state index is -0.661.